The summed E-state index contributed by atoms with van der Waals surface area (Å²) in [4.78, 5) is 27.2. The highest BCUT2D eigenvalue weighted by atomic mass is 16.6. The number of ether oxygens (including phenoxy) is 1. The summed E-state index contributed by atoms with van der Waals surface area (Å²) in [7, 11) is 0. The average molecular weight is 316 g/mol. The number of carbonyl (C=O) groups excluding carboxylic acids is 2. The highest BCUT2D eigenvalue weighted by Gasteiger charge is 2.17. The molecular weight excluding hydrogens is 296 g/mol. The molecule has 122 valence electrons. The van der Waals surface area contributed by atoms with Crippen molar-refractivity contribution in [2.45, 2.75) is 39.7 Å². The van der Waals surface area contributed by atoms with E-state index in [2.05, 4.69) is 10.3 Å². The predicted molar refractivity (Wildman–Crippen MR) is 84.7 cm³/mol. The molecule has 0 saturated carbocycles. The van der Waals surface area contributed by atoms with Crippen molar-refractivity contribution in [1.29, 1.82) is 0 Å². The Bertz CT molecular complexity index is 713. The third kappa shape index (κ3) is 5.25. The van der Waals surface area contributed by atoms with Gasteiger partial charge in [0, 0.05) is 17.5 Å². The quantitative estimate of drug-likeness (QED) is 0.875. The molecule has 2 rings (SSSR count). The summed E-state index contributed by atoms with van der Waals surface area (Å²) in [6.45, 7) is 7.07. The molecule has 0 unspecified atom stereocenters. The van der Waals surface area contributed by atoms with Crippen LogP contribution < -0.4 is 10.1 Å². The number of nitrogens with zero attached hydrogens (tertiary/aromatic N) is 1. The first-order chi connectivity index (χ1) is 10.7. The molecule has 6 heteroatoms. The first-order valence-electron chi connectivity index (χ1n) is 7.27. The molecule has 1 amide bonds. The van der Waals surface area contributed by atoms with Crippen LogP contribution in [0.5, 0.6) is 5.88 Å². The number of carbonyl (C=O) groups is 2. The van der Waals surface area contributed by atoms with Gasteiger partial charge >= 0.3 is 6.09 Å². The Morgan fingerprint density at radius 2 is 2.04 bits per heavy atom. The normalized spacial score (nSPS) is 11.1. The molecule has 0 fully saturated rings. The second kappa shape index (κ2) is 6.64. The fraction of sp³-hybridized carbons (Fsp3) is 0.353. The molecule has 0 bridgehead atoms. The summed E-state index contributed by atoms with van der Waals surface area (Å²) in [5, 5.41) is 2.67. The van der Waals surface area contributed by atoms with Crippen molar-refractivity contribution in [3.63, 3.8) is 0 Å². The van der Waals surface area contributed by atoms with E-state index < -0.39 is 11.6 Å². The van der Waals surface area contributed by atoms with E-state index in [9.17, 15) is 9.59 Å². The van der Waals surface area contributed by atoms with Crippen LogP contribution in [-0.4, -0.2) is 22.4 Å². The highest BCUT2D eigenvalue weighted by Crippen LogP contribution is 2.16. The Labute approximate surface area is 134 Å². The van der Waals surface area contributed by atoms with Crippen LogP contribution in [0.15, 0.2) is 34.9 Å². The van der Waals surface area contributed by atoms with Crippen molar-refractivity contribution >= 4 is 11.9 Å². The Morgan fingerprint density at radius 1 is 1.30 bits per heavy atom. The number of Topliss-reactive ketones (excluding diaryl/α,β-unsaturated/α-hetero) is 1. The number of hydrogen-bond donors (Lipinski definition) is 1. The van der Waals surface area contributed by atoms with E-state index >= 15 is 0 Å². The van der Waals surface area contributed by atoms with Crippen molar-refractivity contribution < 1.29 is 18.7 Å². The first-order valence-corrected chi connectivity index (χ1v) is 7.27. The van der Waals surface area contributed by atoms with Gasteiger partial charge in [0.25, 0.3) is 5.88 Å². The summed E-state index contributed by atoms with van der Waals surface area (Å²) < 4.78 is 10.4. The van der Waals surface area contributed by atoms with E-state index in [0.29, 0.717) is 17.9 Å². The average Bonchev–Trinajstić information content (AvgIpc) is 2.83. The van der Waals surface area contributed by atoms with Gasteiger partial charge in [-0.25, -0.2) is 4.79 Å². The number of ketones is 1. The van der Waals surface area contributed by atoms with Gasteiger partial charge in [0.2, 0.25) is 5.89 Å². The fourth-order valence-electron chi connectivity index (χ4n) is 1.92. The molecule has 1 heterocycles. The van der Waals surface area contributed by atoms with Gasteiger partial charge in [0.05, 0.1) is 0 Å². The maximum absolute atomic E-state index is 11.7. The molecule has 0 atom stereocenters. The van der Waals surface area contributed by atoms with E-state index in [1.165, 1.54) is 13.2 Å². The van der Waals surface area contributed by atoms with Gasteiger partial charge in [-0.15, -0.1) is 0 Å². The Hall–Kier alpha value is -2.63. The zero-order valence-corrected chi connectivity index (χ0v) is 13.7. The van der Waals surface area contributed by atoms with Crippen LogP contribution in [0.3, 0.4) is 0 Å². The number of hydrogen-bond acceptors (Lipinski definition) is 5. The van der Waals surface area contributed by atoms with Crippen LogP contribution in [-0.2, 0) is 6.42 Å². The highest BCUT2D eigenvalue weighted by molar-refractivity contribution is 5.94. The van der Waals surface area contributed by atoms with Crippen LogP contribution in [0.1, 0.15) is 49.5 Å². The van der Waals surface area contributed by atoms with E-state index in [-0.39, 0.29) is 11.7 Å². The third-order valence-corrected chi connectivity index (χ3v) is 2.89. The van der Waals surface area contributed by atoms with E-state index in [4.69, 9.17) is 9.15 Å². The maximum atomic E-state index is 11.7. The predicted octanol–water partition coefficient (Wildman–Crippen LogP) is 3.35. The molecule has 0 radical (unpaired) electrons. The Morgan fingerprint density at radius 3 is 2.70 bits per heavy atom. The lowest BCUT2D eigenvalue weighted by Crippen LogP contribution is -2.42. The summed E-state index contributed by atoms with van der Waals surface area (Å²) in [6, 6.07) is 7.23. The monoisotopic (exact) mass is 316 g/mol. The van der Waals surface area contributed by atoms with Crippen molar-refractivity contribution in [3.8, 4) is 5.88 Å². The van der Waals surface area contributed by atoms with Gasteiger partial charge in [-0.2, -0.15) is 4.98 Å². The minimum absolute atomic E-state index is 0.00197. The van der Waals surface area contributed by atoms with E-state index in [1.54, 1.807) is 12.1 Å². The molecular formula is C17H20N2O4. The third-order valence-electron chi connectivity index (χ3n) is 2.89. The number of oxazole rings is 1. The molecule has 2 aromatic rings. The van der Waals surface area contributed by atoms with E-state index in [1.807, 2.05) is 32.9 Å². The van der Waals surface area contributed by atoms with Crippen molar-refractivity contribution in [2.75, 3.05) is 0 Å². The van der Waals surface area contributed by atoms with Crippen LogP contribution in [0.4, 0.5) is 4.79 Å². The molecule has 23 heavy (non-hydrogen) atoms. The van der Waals surface area contributed by atoms with Crippen LogP contribution in [0.2, 0.25) is 0 Å². The summed E-state index contributed by atoms with van der Waals surface area (Å²) in [6.07, 6.45) is 1.11. The fourth-order valence-corrected chi connectivity index (χ4v) is 1.92. The number of rotatable bonds is 4. The van der Waals surface area contributed by atoms with Gasteiger partial charge in [-0.3, -0.25) is 4.79 Å². The standard InChI is InChI=1S/C17H20N2O4/c1-11(20)13-7-5-6-12(8-13)9-14-18-15(10-22-14)23-16(21)19-17(2,3)4/h5-8,10H,9H2,1-4H3,(H,19,21). The molecule has 0 aliphatic carbocycles. The number of nitrogens with one attached hydrogen (secondary N) is 1. The molecule has 1 aromatic carbocycles. The molecule has 0 saturated heterocycles. The minimum Gasteiger partial charge on any atom is -0.444 e. The SMILES string of the molecule is CC(=O)c1cccc(Cc2nc(OC(=O)NC(C)(C)C)co2)c1. The van der Waals surface area contributed by atoms with Gasteiger partial charge in [-0.1, -0.05) is 18.2 Å². The molecule has 0 aliphatic rings. The minimum atomic E-state index is -0.587. The van der Waals surface area contributed by atoms with Crippen LogP contribution >= 0.6 is 0 Å². The largest absolute Gasteiger partial charge is 0.444 e. The number of benzene rings is 1. The van der Waals surface area contributed by atoms with Gasteiger partial charge in [0.15, 0.2) is 12.0 Å². The van der Waals surface area contributed by atoms with Crippen molar-refractivity contribution in [1.82, 2.24) is 10.3 Å². The lowest BCUT2D eigenvalue weighted by atomic mass is 10.1. The molecule has 1 N–H and O–H groups in total. The summed E-state index contributed by atoms with van der Waals surface area (Å²) in [5.41, 5.74) is 1.14. The lowest BCUT2D eigenvalue weighted by Gasteiger charge is -2.18. The van der Waals surface area contributed by atoms with Crippen molar-refractivity contribution in [3.05, 3.63) is 47.5 Å². The van der Waals surface area contributed by atoms with Gasteiger partial charge < -0.3 is 14.5 Å². The van der Waals surface area contributed by atoms with Crippen LogP contribution in [0.25, 0.3) is 0 Å². The maximum Gasteiger partial charge on any atom is 0.414 e. The second-order valence-electron chi connectivity index (χ2n) is 6.28. The zero-order valence-electron chi connectivity index (χ0n) is 13.7. The summed E-state index contributed by atoms with van der Waals surface area (Å²) in [5.74, 6) is 0.510. The topological polar surface area (TPSA) is 81.4 Å². The van der Waals surface area contributed by atoms with Crippen LogP contribution in [0, 0.1) is 0 Å². The lowest BCUT2D eigenvalue weighted by molar-refractivity contribution is 0.101. The smallest absolute Gasteiger partial charge is 0.414 e. The Balaban J connectivity index is 2.01. The first kappa shape index (κ1) is 16.7. The number of aromatic nitrogens is 1. The summed E-state index contributed by atoms with van der Waals surface area (Å²) >= 11 is 0. The van der Waals surface area contributed by atoms with Crippen molar-refractivity contribution in [2.24, 2.45) is 0 Å². The molecule has 1 aromatic heterocycles. The number of amides is 1. The molecule has 0 aliphatic heterocycles. The zero-order chi connectivity index (χ0) is 17.0. The second-order valence-corrected chi connectivity index (χ2v) is 6.28. The van der Waals surface area contributed by atoms with Gasteiger partial charge in [-0.05, 0) is 39.3 Å². The Kier molecular flexibility index (Phi) is 4.83. The van der Waals surface area contributed by atoms with E-state index in [0.717, 1.165) is 5.56 Å². The molecule has 0 spiro atoms. The molecule has 6 nitrogen and oxygen atoms in total. The van der Waals surface area contributed by atoms with Gasteiger partial charge in [0.1, 0.15) is 0 Å².